The van der Waals surface area contributed by atoms with Crippen LogP contribution >= 0.6 is 7.82 Å². The Bertz CT molecular complexity index is 1350. The molecule has 0 saturated carbocycles. The van der Waals surface area contributed by atoms with Crippen LogP contribution in [0.15, 0.2) is 24.3 Å². The van der Waals surface area contributed by atoms with E-state index in [1.807, 2.05) is 33.3 Å². The van der Waals surface area contributed by atoms with Crippen molar-refractivity contribution in [3.63, 3.8) is 0 Å². The molecule has 0 aliphatic rings. The van der Waals surface area contributed by atoms with Crippen molar-refractivity contribution in [3.05, 3.63) is 24.3 Å². The predicted molar refractivity (Wildman–Crippen MR) is 328 cm³/mol. The summed E-state index contributed by atoms with van der Waals surface area (Å²) in [5.74, 6) is -0.492. The van der Waals surface area contributed by atoms with Gasteiger partial charge in [-0.15, -0.1) is 0 Å². The number of hydrogen-bond donors (Lipinski definition) is 2. The number of nitrogens with one attached hydrogen (secondary N) is 1. The molecule has 10 heteroatoms. The maximum Gasteiger partial charge on any atom is 0.472 e. The Morgan fingerprint density at radius 3 is 1.13 bits per heavy atom. The summed E-state index contributed by atoms with van der Waals surface area (Å²) >= 11 is 0. The molecule has 0 aliphatic carbocycles. The van der Waals surface area contributed by atoms with Crippen LogP contribution in [0.4, 0.5) is 0 Å². The first-order chi connectivity index (χ1) is 36.9. The number of quaternary nitrogens is 1. The van der Waals surface area contributed by atoms with Gasteiger partial charge in [-0.2, -0.15) is 0 Å². The highest BCUT2D eigenvalue weighted by molar-refractivity contribution is 7.47. The Morgan fingerprint density at radius 2 is 0.763 bits per heavy atom. The van der Waals surface area contributed by atoms with E-state index in [-0.39, 0.29) is 25.1 Å². The monoisotopic (exact) mass is 1090 g/mol. The van der Waals surface area contributed by atoms with E-state index in [4.69, 9.17) is 13.8 Å². The zero-order valence-corrected chi connectivity index (χ0v) is 52.4. The summed E-state index contributed by atoms with van der Waals surface area (Å²) in [4.78, 5) is 37.8. The minimum Gasteiger partial charge on any atom is -0.456 e. The molecule has 0 bridgehead atoms. The highest BCUT2D eigenvalue weighted by atomic mass is 31.2. The van der Waals surface area contributed by atoms with Crippen molar-refractivity contribution in [2.45, 2.75) is 348 Å². The van der Waals surface area contributed by atoms with Gasteiger partial charge in [-0.1, -0.05) is 289 Å². The van der Waals surface area contributed by atoms with Gasteiger partial charge in [-0.25, -0.2) is 4.57 Å². The second kappa shape index (κ2) is 56.8. The van der Waals surface area contributed by atoms with Gasteiger partial charge in [0.2, 0.25) is 5.91 Å². The smallest absolute Gasteiger partial charge is 0.456 e. The number of likely N-dealkylation sites (N-methyl/N-ethyl adjacent to an activating group) is 1. The molecule has 0 radical (unpaired) electrons. The fraction of sp³-hybridized carbons (Fsp3) is 0.909. The SMILES string of the molecule is CCCCCC/C=C\CCCCCCCCCC(=O)OC(/C=C\CCCCCCCCCCCC)C(COP(=O)(O)OCC[N+](C)(C)C)NC(=O)CCCCCCCCCCCCCCCCCCCCCCCCC. The molecule has 9 nitrogen and oxygen atoms in total. The third-order valence-electron chi connectivity index (χ3n) is 15.1. The van der Waals surface area contributed by atoms with Crippen LogP contribution < -0.4 is 5.32 Å². The van der Waals surface area contributed by atoms with Gasteiger partial charge in [-0.3, -0.25) is 18.6 Å². The molecule has 76 heavy (non-hydrogen) atoms. The van der Waals surface area contributed by atoms with Crippen LogP contribution in [0.1, 0.15) is 335 Å². The maximum atomic E-state index is 13.6. The molecule has 0 aliphatic heterocycles. The van der Waals surface area contributed by atoms with E-state index in [1.165, 1.54) is 244 Å². The first kappa shape index (κ1) is 74.5. The first-order valence-corrected chi connectivity index (χ1v) is 34.7. The molecule has 0 aromatic rings. The number of carbonyl (C=O) groups is 2. The first-order valence-electron chi connectivity index (χ1n) is 33.2. The molecule has 0 heterocycles. The topological polar surface area (TPSA) is 111 Å². The zero-order chi connectivity index (χ0) is 55.7. The van der Waals surface area contributed by atoms with E-state index in [1.54, 1.807) is 0 Å². The normalized spacial score (nSPS) is 13.7. The van der Waals surface area contributed by atoms with Crippen LogP contribution in [0.5, 0.6) is 0 Å². The quantitative estimate of drug-likeness (QED) is 0.0205. The summed E-state index contributed by atoms with van der Waals surface area (Å²) < 4.78 is 30.7. The van der Waals surface area contributed by atoms with Crippen LogP contribution in [0, 0.1) is 0 Å². The van der Waals surface area contributed by atoms with Crippen LogP contribution in [0.25, 0.3) is 0 Å². The molecule has 0 aromatic carbocycles. The Kier molecular flexibility index (Phi) is 55.6. The van der Waals surface area contributed by atoms with Crippen molar-refractivity contribution in [1.82, 2.24) is 5.32 Å². The summed E-state index contributed by atoms with van der Waals surface area (Å²) in [5.41, 5.74) is 0. The molecule has 0 aromatic heterocycles. The van der Waals surface area contributed by atoms with Crippen LogP contribution in [0.3, 0.4) is 0 Å². The van der Waals surface area contributed by atoms with Gasteiger partial charge in [0.15, 0.2) is 0 Å². The van der Waals surface area contributed by atoms with Gasteiger partial charge >= 0.3 is 13.8 Å². The molecular formula is C66H130N2O7P+. The van der Waals surface area contributed by atoms with E-state index in [2.05, 4.69) is 38.2 Å². The molecule has 0 saturated heterocycles. The summed E-state index contributed by atoms with van der Waals surface area (Å²) in [6, 6.07) is -0.844. The van der Waals surface area contributed by atoms with E-state index >= 15 is 0 Å². The molecule has 1 amide bonds. The number of amides is 1. The molecular weight excluding hydrogens is 964 g/mol. The summed E-state index contributed by atoms with van der Waals surface area (Å²) in [6.45, 7) is 7.05. The third kappa shape index (κ3) is 57.2. The summed E-state index contributed by atoms with van der Waals surface area (Å²) in [5, 5.41) is 3.07. The standard InChI is InChI=1S/C66H129N2O7P/c1-7-10-13-16-19-22-25-28-30-31-32-33-34-35-36-37-39-40-43-46-49-52-55-58-65(69)67-63(62-74-76(71,72)73-61-60-68(4,5)6)64(57-54-51-48-45-42-27-24-21-18-15-12-9-3)75-66(70)59-56-53-50-47-44-41-38-29-26-23-20-17-14-11-8-2/h23,26,54,57,63-64H,7-22,24-25,27-53,55-56,58-62H2,1-6H3,(H-,67,69,71,72)/p+1/b26-23-,57-54-. The molecule has 3 atom stereocenters. The average molecular weight is 1090 g/mol. The van der Waals surface area contributed by atoms with E-state index in [0.717, 1.165) is 57.8 Å². The zero-order valence-electron chi connectivity index (χ0n) is 51.5. The fourth-order valence-electron chi connectivity index (χ4n) is 10.00. The second-order valence-electron chi connectivity index (χ2n) is 24.0. The second-order valence-corrected chi connectivity index (χ2v) is 25.5. The Balaban J connectivity index is 5.09. The van der Waals surface area contributed by atoms with Crippen molar-refractivity contribution in [2.75, 3.05) is 40.9 Å². The van der Waals surface area contributed by atoms with Gasteiger partial charge in [0.1, 0.15) is 19.3 Å². The van der Waals surface area contributed by atoms with Gasteiger partial charge in [0, 0.05) is 12.8 Å². The molecule has 0 rings (SSSR count). The van der Waals surface area contributed by atoms with E-state index in [0.29, 0.717) is 23.9 Å². The van der Waals surface area contributed by atoms with Crippen molar-refractivity contribution in [2.24, 2.45) is 0 Å². The lowest BCUT2D eigenvalue weighted by atomic mass is 10.0. The molecule has 450 valence electrons. The van der Waals surface area contributed by atoms with Crippen molar-refractivity contribution < 1.29 is 37.3 Å². The maximum absolute atomic E-state index is 13.6. The number of carbonyl (C=O) groups excluding carboxylic acids is 2. The minimum atomic E-state index is -4.44. The summed E-state index contributed by atoms with van der Waals surface area (Å²) in [6.07, 6.45) is 67.5. The molecule has 0 spiro atoms. The molecule has 3 unspecified atom stereocenters. The average Bonchev–Trinajstić information content (AvgIpc) is 3.38. The fourth-order valence-corrected chi connectivity index (χ4v) is 10.7. The lowest BCUT2D eigenvalue weighted by Gasteiger charge is -2.27. The highest BCUT2D eigenvalue weighted by Gasteiger charge is 2.30. The highest BCUT2D eigenvalue weighted by Crippen LogP contribution is 2.43. The van der Waals surface area contributed by atoms with Gasteiger partial charge in [0.25, 0.3) is 0 Å². The number of esters is 1. The van der Waals surface area contributed by atoms with Gasteiger partial charge in [-0.05, 0) is 57.4 Å². The van der Waals surface area contributed by atoms with Crippen LogP contribution in [0.2, 0.25) is 0 Å². The number of hydrogen-bond acceptors (Lipinski definition) is 6. The third-order valence-corrected chi connectivity index (χ3v) is 16.1. The number of nitrogens with zero attached hydrogens (tertiary/aromatic N) is 1. The number of phosphoric ester groups is 1. The molecule has 2 N–H and O–H groups in total. The number of phosphoric acid groups is 1. The predicted octanol–water partition coefficient (Wildman–Crippen LogP) is 20.5. The Labute approximate surface area is 473 Å². The Morgan fingerprint density at radius 1 is 0.447 bits per heavy atom. The van der Waals surface area contributed by atoms with Crippen molar-refractivity contribution in [3.8, 4) is 0 Å². The number of allylic oxidation sites excluding steroid dienone is 3. The summed E-state index contributed by atoms with van der Waals surface area (Å²) in [7, 11) is 1.51. The Hall–Kier alpha value is -1.51. The van der Waals surface area contributed by atoms with Crippen LogP contribution in [-0.2, 0) is 27.9 Å². The minimum absolute atomic E-state index is 0.0433. The number of rotatable bonds is 61. The largest absolute Gasteiger partial charge is 0.472 e. The number of ether oxygens (including phenoxy) is 1. The van der Waals surface area contributed by atoms with Gasteiger partial charge < -0.3 is 19.4 Å². The lowest BCUT2D eigenvalue weighted by molar-refractivity contribution is -0.870. The van der Waals surface area contributed by atoms with Gasteiger partial charge in [0.05, 0.1) is 33.8 Å². The van der Waals surface area contributed by atoms with E-state index < -0.39 is 20.0 Å². The lowest BCUT2D eigenvalue weighted by Crippen LogP contribution is -2.47. The van der Waals surface area contributed by atoms with E-state index in [9.17, 15) is 19.0 Å². The molecule has 0 fully saturated rings. The number of unbranched alkanes of at least 4 members (excludes halogenated alkanes) is 43. The van der Waals surface area contributed by atoms with Crippen molar-refractivity contribution >= 4 is 19.7 Å². The van der Waals surface area contributed by atoms with Crippen molar-refractivity contribution in [1.29, 1.82) is 0 Å². The van der Waals surface area contributed by atoms with Crippen LogP contribution in [-0.4, -0.2) is 74.3 Å².